The van der Waals surface area contributed by atoms with E-state index in [1.54, 1.807) is 37.4 Å². The summed E-state index contributed by atoms with van der Waals surface area (Å²) in [6.07, 6.45) is 9.31. The lowest BCUT2D eigenvalue weighted by atomic mass is 10.0. The molecule has 2 saturated carbocycles. The van der Waals surface area contributed by atoms with Crippen LogP contribution in [0.3, 0.4) is 0 Å². The lowest BCUT2D eigenvalue weighted by molar-refractivity contribution is -0.120. The van der Waals surface area contributed by atoms with Crippen molar-refractivity contribution >= 4 is 35.0 Å². The van der Waals surface area contributed by atoms with Crippen molar-refractivity contribution in [1.29, 1.82) is 0 Å². The highest BCUT2D eigenvalue weighted by Crippen LogP contribution is 2.42. The second-order valence-electron chi connectivity index (χ2n) is 12.4. The Morgan fingerprint density at radius 2 is 1.85 bits per heavy atom. The highest BCUT2D eigenvalue weighted by Gasteiger charge is 2.41. The molecule has 3 atom stereocenters. The maximum atomic E-state index is 13.2. The SMILES string of the molecule is CC[C@@H]1C(=O)N(C)c2cnc(Nc3ccc(C(=O)NCC4CC5CN(C)CC5C4)cc3OC)nc2N1C1CCCC1. The van der Waals surface area contributed by atoms with Crippen molar-refractivity contribution < 1.29 is 14.3 Å². The number of methoxy groups -OCH3 is 1. The Kier molecular flexibility index (Phi) is 7.76. The van der Waals surface area contributed by atoms with E-state index in [1.807, 2.05) is 6.07 Å². The fourth-order valence-electron chi connectivity index (χ4n) is 7.67. The number of fused-ring (bicyclic) bond motifs is 2. The van der Waals surface area contributed by atoms with Gasteiger partial charge >= 0.3 is 0 Å². The third kappa shape index (κ3) is 5.34. The smallest absolute Gasteiger partial charge is 0.251 e. The minimum atomic E-state index is -0.226. The zero-order valence-corrected chi connectivity index (χ0v) is 24.7. The maximum Gasteiger partial charge on any atom is 0.251 e. The lowest BCUT2D eigenvalue weighted by Crippen LogP contribution is -2.55. The van der Waals surface area contributed by atoms with Crippen molar-refractivity contribution in [2.75, 3.05) is 56.0 Å². The summed E-state index contributed by atoms with van der Waals surface area (Å²) in [6.45, 7) is 5.14. The first-order valence-corrected chi connectivity index (χ1v) is 15.2. The summed E-state index contributed by atoms with van der Waals surface area (Å²) in [5.41, 5.74) is 1.97. The molecule has 10 nitrogen and oxygen atoms in total. The molecule has 2 aromatic rings. The Hall–Kier alpha value is -3.40. The molecule has 10 heteroatoms. The van der Waals surface area contributed by atoms with Gasteiger partial charge in [-0.1, -0.05) is 19.8 Å². The molecule has 6 rings (SSSR count). The van der Waals surface area contributed by atoms with Crippen molar-refractivity contribution in [3.63, 3.8) is 0 Å². The fourth-order valence-corrected chi connectivity index (χ4v) is 7.67. The van der Waals surface area contributed by atoms with Crippen molar-refractivity contribution in [2.24, 2.45) is 17.8 Å². The number of hydrogen-bond acceptors (Lipinski definition) is 8. The van der Waals surface area contributed by atoms with Crippen LogP contribution in [-0.2, 0) is 4.79 Å². The molecule has 2 unspecified atom stereocenters. The van der Waals surface area contributed by atoms with Gasteiger partial charge in [0.2, 0.25) is 11.9 Å². The Labute approximate surface area is 242 Å². The summed E-state index contributed by atoms with van der Waals surface area (Å²) in [7, 11) is 5.60. The molecular formula is C31H43N7O3. The predicted octanol–water partition coefficient (Wildman–Crippen LogP) is 4.05. The van der Waals surface area contributed by atoms with Gasteiger partial charge < -0.3 is 30.1 Å². The highest BCUT2D eigenvalue weighted by atomic mass is 16.5. The van der Waals surface area contributed by atoms with E-state index in [-0.39, 0.29) is 17.9 Å². The van der Waals surface area contributed by atoms with Gasteiger partial charge in [-0.2, -0.15) is 4.98 Å². The van der Waals surface area contributed by atoms with Crippen LogP contribution in [0.25, 0.3) is 0 Å². The fraction of sp³-hybridized carbons (Fsp3) is 0.613. The summed E-state index contributed by atoms with van der Waals surface area (Å²) in [4.78, 5) is 42.0. The van der Waals surface area contributed by atoms with Gasteiger partial charge in [0.1, 0.15) is 17.5 Å². The third-order valence-electron chi connectivity index (χ3n) is 9.70. The molecule has 2 aliphatic heterocycles. The molecule has 0 radical (unpaired) electrons. The maximum absolute atomic E-state index is 13.2. The molecule has 2 amide bonds. The number of nitrogens with one attached hydrogen (secondary N) is 2. The summed E-state index contributed by atoms with van der Waals surface area (Å²) < 4.78 is 5.66. The molecule has 4 aliphatic rings. The van der Waals surface area contributed by atoms with Crippen LogP contribution in [0.15, 0.2) is 24.4 Å². The molecule has 41 heavy (non-hydrogen) atoms. The first kappa shape index (κ1) is 27.8. The van der Waals surface area contributed by atoms with Crippen LogP contribution in [-0.4, -0.2) is 79.6 Å². The molecular weight excluding hydrogens is 518 g/mol. The number of rotatable bonds is 8. The largest absolute Gasteiger partial charge is 0.495 e. The molecule has 0 bridgehead atoms. The number of likely N-dealkylation sites (N-methyl/N-ethyl adjacent to an activating group) is 1. The summed E-state index contributed by atoms with van der Waals surface area (Å²) >= 11 is 0. The zero-order chi connectivity index (χ0) is 28.7. The molecule has 1 saturated heterocycles. The summed E-state index contributed by atoms with van der Waals surface area (Å²) in [5, 5.41) is 6.45. The van der Waals surface area contributed by atoms with Crippen LogP contribution in [0, 0.1) is 17.8 Å². The van der Waals surface area contributed by atoms with E-state index in [9.17, 15) is 9.59 Å². The molecule has 220 valence electrons. The number of carbonyl (C=O) groups excluding carboxylic acids is 2. The van der Waals surface area contributed by atoms with E-state index in [2.05, 4.69) is 39.4 Å². The highest BCUT2D eigenvalue weighted by molar-refractivity contribution is 6.04. The zero-order valence-electron chi connectivity index (χ0n) is 24.7. The van der Waals surface area contributed by atoms with Gasteiger partial charge in [0, 0.05) is 38.3 Å². The van der Waals surface area contributed by atoms with E-state index in [1.165, 1.54) is 38.8 Å². The first-order valence-electron chi connectivity index (χ1n) is 15.2. The summed E-state index contributed by atoms with van der Waals surface area (Å²) in [5.74, 6) is 3.88. The number of carbonyl (C=O) groups is 2. The predicted molar refractivity (Wildman–Crippen MR) is 160 cm³/mol. The Balaban J connectivity index is 1.16. The third-order valence-corrected chi connectivity index (χ3v) is 9.70. The van der Waals surface area contributed by atoms with Crippen LogP contribution in [0.5, 0.6) is 5.75 Å². The van der Waals surface area contributed by atoms with E-state index >= 15 is 0 Å². The van der Waals surface area contributed by atoms with Crippen molar-refractivity contribution in [2.45, 2.75) is 64.0 Å². The molecule has 3 fully saturated rings. The average Bonchev–Trinajstić information content (AvgIpc) is 3.71. The number of likely N-dealkylation sites (tertiary alicyclic amines) is 1. The Bertz CT molecular complexity index is 1280. The standard InChI is InChI=1S/C31H43N7O3/c1-5-25-30(40)37(3)26-16-33-31(35-28(26)38(25)23-8-6-7-9-23)34-24-11-10-20(14-27(24)41-4)29(39)32-15-19-12-21-17-36(2)18-22(21)13-19/h10-11,14,16,19,21-23,25H,5-9,12-13,15,17-18H2,1-4H3,(H,32,39)(H,33,34,35)/t19?,21?,22?,25-/m1/s1. The van der Waals surface area contributed by atoms with Gasteiger partial charge in [-0.3, -0.25) is 9.59 Å². The summed E-state index contributed by atoms with van der Waals surface area (Å²) in [6, 6.07) is 5.48. The van der Waals surface area contributed by atoms with Gasteiger partial charge in [0.25, 0.3) is 5.91 Å². The van der Waals surface area contributed by atoms with Crippen LogP contribution >= 0.6 is 0 Å². The molecule has 2 aliphatic carbocycles. The van der Waals surface area contributed by atoms with Gasteiger partial charge in [0.15, 0.2) is 5.82 Å². The number of aromatic nitrogens is 2. The van der Waals surface area contributed by atoms with E-state index in [0.717, 1.165) is 42.6 Å². The number of benzene rings is 1. The minimum absolute atomic E-state index is 0.0837. The van der Waals surface area contributed by atoms with Crippen LogP contribution < -0.4 is 25.2 Å². The number of anilines is 4. The van der Waals surface area contributed by atoms with E-state index < -0.39 is 0 Å². The normalized spacial score (nSPS) is 26.3. The number of ether oxygens (including phenoxy) is 1. The van der Waals surface area contributed by atoms with Crippen LogP contribution in [0.1, 0.15) is 62.2 Å². The number of hydrogen-bond donors (Lipinski definition) is 2. The number of nitrogens with zero attached hydrogens (tertiary/aromatic N) is 5. The van der Waals surface area contributed by atoms with Gasteiger partial charge in [0.05, 0.1) is 19.0 Å². The Morgan fingerprint density at radius 1 is 1.12 bits per heavy atom. The van der Waals surface area contributed by atoms with E-state index in [4.69, 9.17) is 9.72 Å². The van der Waals surface area contributed by atoms with Gasteiger partial charge in [-0.15, -0.1) is 0 Å². The number of amides is 2. The van der Waals surface area contributed by atoms with Gasteiger partial charge in [-0.05, 0) is 75.1 Å². The minimum Gasteiger partial charge on any atom is -0.495 e. The molecule has 0 spiro atoms. The molecule has 1 aromatic heterocycles. The second-order valence-corrected chi connectivity index (χ2v) is 12.4. The van der Waals surface area contributed by atoms with E-state index in [0.29, 0.717) is 41.5 Å². The van der Waals surface area contributed by atoms with Crippen LogP contribution in [0.4, 0.5) is 23.1 Å². The van der Waals surface area contributed by atoms with Crippen molar-refractivity contribution in [1.82, 2.24) is 20.2 Å². The second kappa shape index (κ2) is 11.5. The topological polar surface area (TPSA) is 103 Å². The average molecular weight is 562 g/mol. The monoisotopic (exact) mass is 561 g/mol. The van der Waals surface area contributed by atoms with Gasteiger partial charge in [-0.25, -0.2) is 4.98 Å². The lowest BCUT2D eigenvalue weighted by Gasteiger charge is -2.43. The van der Waals surface area contributed by atoms with Crippen LogP contribution in [0.2, 0.25) is 0 Å². The Morgan fingerprint density at radius 3 is 2.54 bits per heavy atom. The first-order chi connectivity index (χ1) is 19.9. The molecule has 1 aromatic carbocycles. The molecule has 3 heterocycles. The molecule has 2 N–H and O–H groups in total. The van der Waals surface area contributed by atoms with Crippen molar-refractivity contribution in [3.8, 4) is 5.75 Å². The van der Waals surface area contributed by atoms with Crippen molar-refractivity contribution in [3.05, 3.63) is 30.0 Å². The quantitative estimate of drug-likeness (QED) is 0.498.